The van der Waals surface area contributed by atoms with Gasteiger partial charge in [-0.3, -0.25) is 9.69 Å². The lowest BCUT2D eigenvalue weighted by Crippen LogP contribution is -2.22. The Labute approximate surface area is 156 Å². The number of rotatable bonds is 9. The monoisotopic (exact) mass is 360 g/mol. The number of carbonyl (C=O) groups excluding carboxylic acids is 1. The maximum atomic E-state index is 12.7. The van der Waals surface area contributed by atoms with Gasteiger partial charge in [0.1, 0.15) is 11.6 Å². The minimum Gasteiger partial charge on any atom is -0.456 e. The molecule has 0 aliphatic carbocycles. The highest BCUT2D eigenvalue weighted by Crippen LogP contribution is 2.23. The molecule has 2 aromatic heterocycles. The summed E-state index contributed by atoms with van der Waals surface area (Å²) in [6, 6.07) is 3.89. The minimum absolute atomic E-state index is 0.196. The number of aromatic nitrogens is 2. The number of nitrogens with one attached hydrogen (secondary N) is 1. The maximum Gasteiger partial charge on any atom is 0.292 e. The zero-order valence-electron chi connectivity index (χ0n) is 16.9. The molecule has 0 spiro atoms. The van der Waals surface area contributed by atoms with E-state index in [1.807, 2.05) is 23.7 Å². The topological polar surface area (TPSA) is 63.3 Å². The van der Waals surface area contributed by atoms with E-state index in [0.717, 1.165) is 37.4 Å². The number of nitrogens with zero attached hydrogens (tertiary/aromatic N) is 3. The predicted octanol–water partition coefficient (Wildman–Crippen LogP) is 4.35. The SMILES string of the molecule is CCc1oc(C(=O)Nc2ccnn2[C@@H](C)C(C)C)cc1CN(CC)CC. The summed E-state index contributed by atoms with van der Waals surface area (Å²) in [6.07, 6.45) is 2.48. The molecule has 2 rings (SSSR count). The summed E-state index contributed by atoms with van der Waals surface area (Å²) in [6.45, 7) is 15.4. The summed E-state index contributed by atoms with van der Waals surface area (Å²) in [5, 5.41) is 7.29. The fourth-order valence-electron chi connectivity index (χ4n) is 2.90. The van der Waals surface area contributed by atoms with E-state index in [0.29, 0.717) is 17.5 Å². The molecule has 1 atom stereocenters. The van der Waals surface area contributed by atoms with Crippen LogP contribution in [0.1, 0.15) is 69.5 Å². The van der Waals surface area contributed by atoms with Crippen LogP contribution in [0.3, 0.4) is 0 Å². The first-order chi connectivity index (χ1) is 12.4. The first-order valence-electron chi connectivity index (χ1n) is 9.59. The second-order valence-corrected chi connectivity index (χ2v) is 6.97. The van der Waals surface area contributed by atoms with E-state index in [9.17, 15) is 4.79 Å². The van der Waals surface area contributed by atoms with Gasteiger partial charge in [0.05, 0.1) is 12.2 Å². The van der Waals surface area contributed by atoms with Gasteiger partial charge in [-0.05, 0) is 32.0 Å². The van der Waals surface area contributed by atoms with Crippen LogP contribution in [0.4, 0.5) is 5.82 Å². The van der Waals surface area contributed by atoms with Crippen LogP contribution in [0.2, 0.25) is 0 Å². The summed E-state index contributed by atoms with van der Waals surface area (Å²) < 4.78 is 7.69. The van der Waals surface area contributed by atoms with Crippen molar-refractivity contribution in [1.82, 2.24) is 14.7 Å². The zero-order valence-corrected chi connectivity index (χ0v) is 16.9. The van der Waals surface area contributed by atoms with Crippen molar-refractivity contribution in [3.8, 4) is 0 Å². The summed E-state index contributed by atoms with van der Waals surface area (Å²) in [5.74, 6) is 2.11. The molecule has 6 heteroatoms. The van der Waals surface area contributed by atoms with Crippen LogP contribution >= 0.6 is 0 Å². The fraction of sp³-hybridized carbons (Fsp3) is 0.600. The highest BCUT2D eigenvalue weighted by Gasteiger charge is 2.20. The molecule has 0 fully saturated rings. The van der Waals surface area contributed by atoms with E-state index in [2.05, 4.69) is 49.9 Å². The Morgan fingerprint density at radius 3 is 2.54 bits per heavy atom. The highest BCUT2D eigenvalue weighted by atomic mass is 16.4. The molecule has 0 unspecified atom stereocenters. The van der Waals surface area contributed by atoms with Gasteiger partial charge < -0.3 is 9.73 Å². The molecule has 0 aromatic carbocycles. The van der Waals surface area contributed by atoms with Crippen LogP contribution in [-0.4, -0.2) is 33.7 Å². The van der Waals surface area contributed by atoms with Crippen LogP contribution in [0.5, 0.6) is 0 Å². The molecular weight excluding hydrogens is 328 g/mol. The normalized spacial score (nSPS) is 12.8. The molecule has 26 heavy (non-hydrogen) atoms. The largest absolute Gasteiger partial charge is 0.456 e. The van der Waals surface area contributed by atoms with Crippen molar-refractivity contribution >= 4 is 11.7 Å². The van der Waals surface area contributed by atoms with Gasteiger partial charge in [0, 0.05) is 24.6 Å². The number of hydrogen-bond donors (Lipinski definition) is 1. The van der Waals surface area contributed by atoms with Gasteiger partial charge in [-0.2, -0.15) is 5.10 Å². The molecular formula is C20H32N4O2. The molecule has 2 aromatic rings. The predicted molar refractivity (Wildman–Crippen MR) is 104 cm³/mol. The molecule has 0 aliphatic heterocycles. The average molecular weight is 361 g/mol. The number of aryl methyl sites for hydroxylation is 1. The van der Waals surface area contributed by atoms with Crippen LogP contribution < -0.4 is 5.32 Å². The third kappa shape index (κ3) is 4.55. The van der Waals surface area contributed by atoms with Crippen molar-refractivity contribution in [3.63, 3.8) is 0 Å². The van der Waals surface area contributed by atoms with Gasteiger partial charge in [0.2, 0.25) is 0 Å². The Bertz CT molecular complexity index is 713. The number of amides is 1. The number of anilines is 1. The fourth-order valence-corrected chi connectivity index (χ4v) is 2.90. The standard InChI is InChI=1S/C20H32N4O2/c1-7-17-16(13-23(8-2)9-3)12-18(26-17)20(25)22-19-10-11-21-24(19)15(6)14(4)5/h10-12,14-15H,7-9,13H2,1-6H3,(H,22,25)/t15-/m0/s1. The third-order valence-electron chi connectivity index (χ3n) is 4.99. The van der Waals surface area contributed by atoms with Gasteiger partial charge in [0.25, 0.3) is 5.91 Å². The Morgan fingerprint density at radius 2 is 1.96 bits per heavy atom. The van der Waals surface area contributed by atoms with E-state index in [4.69, 9.17) is 4.42 Å². The van der Waals surface area contributed by atoms with Crippen molar-refractivity contribution in [2.75, 3.05) is 18.4 Å². The molecule has 1 N–H and O–H groups in total. The number of furan rings is 1. The summed E-state index contributed by atoms with van der Waals surface area (Å²) in [7, 11) is 0. The van der Waals surface area contributed by atoms with E-state index >= 15 is 0 Å². The summed E-state index contributed by atoms with van der Waals surface area (Å²) >= 11 is 0. The summed E-state index contributed by atoms with van der Waals surface area (Å²) in [5.41, 5.74) is 1.09. The lowest BCUT2D eigenvalue weighted by molar-refractivity contribution is 0.0993. The van der Waals surface area contributed by atoms with Gasteiger partial charge in [-0.1, -0.05) is 34.6 Å². The van der Waals surface area contributed by atoms with Crippen molar-refractivity contribution in [2.45, 2.75) is 60.5 Å². The Balaban J connectivity index is 2.18. The van der Waals surface area contributed by atoms with Crippen molar-refractivity contribution in [2.24, 2.45) is 5.92 Å². The molecule has 0 saturated heterocycles. The van der Waals surface area contributed by atoms with Crippen LogP contribution in [0, 0.1) is 5.92 Å². The van der Waals surface area contributed by atoms with Gasteiger partial charge in [-0.15, -0.1) is 0 Å². The van der Waals surface area contributed by atoms with Crippen molar-refractivity contribution < 1.29 is 9.21 Å². The second kappa shape index (κ2) is 9.03. The Kier molecular flexibility index (Phi) is 7.03. The first kappa shape index (κ1) is 20.2. The molecule has 144 valence electrons. The van der Waals surface area contributed by atoms with E-state index in [1.165, 1.54) is 0 Å². The molecule has 0 aliphatic rings. The van der Waals surface area contributed by atoms with E-state index in [-0.39, 0.29) is 11.9 Å². The van der Waals surface area contributed by atoms with E-state index in [1.54, 1.807) is 6.20 Å². The highest BCUT2D eigenvalue weighted by molar-refractivity contribution is 6.01. The number of hydrogen-bond acceptors (Lipinski definition) is 4. The van der Waals surface area contributed by atoms with Gasteiger partial charge in [-0.25, -0.2) is 4.68 Å². The Hall–Kier alpha value is -2.08. The summed E-state index contributed by atoms with van der Waals surface area (Å²) in [4.78, 5) is 15.0. The van der Waals surface area contributed by atoms with Crippen LogP contribution in [-0.2, 0) is 13.0 Å². The minimum atomic E-state index is -0.233. The molecule has 1 amide bonds. The Morgan fingerprint density at radius 1 is 1.27 bits per heavy atom. The van der Waals surface area contributed by atoms with Crippen LogP contribution in [0.25, 0.3) is 0 Å². The quantitative estimate of drug-likeness (QED) is 0.722. The van der Waals surface area contributed by atoms with E-state index < -0.39 is 0 Å². The van der Waals surface area contributed by atoms with Gasteiger partial charge >= 0.3 is 0 Å². The smallest absolute Gasteiger partial charge is 0.292 e. The third-order valence-corrected chi connectivity index (χ3v) is 4.99. The lowest BCUT2D eigenvalue weighted by Gasteiger charge is -2.19. The zero-order chi connectivity index (χ0) is 19.3. The first-order valence-corrected chi connectivity index (χ1v) is 9.59. The van der Waals surface area contributed by atoms with Crippen molar-refractivity contribution in [1.29, 1.82) is 0 Å². The molecule has 2 heterocycles. The lowest BCUT2D eigenvalue weighted by atomic mass is 10.1. The molecule has 6 nitrogen and oxygen atoms in total. The molecule has 0 bridgehead atoms. The maximum absolute atomic E-state index is 12.7. The number of carbonyl (C=O) groups is 1. The van der Waals surface area contributed by atoms with Gasteiger partial charge in [0.15, 0.2) is 5.76 Å². The van der Waals surface area contributed by atoms with Crippen LogP contribution in [0.15, 0.2) is 22.7 Å². The molecule has 0 saturated carbocycles. The average Bonchev–Trinajstić information content (AvgIpc) is 3.25. The van der Waals surface area contributed by atoms with Crippen molar-refractivity contribution in [3.05, 3.63) is 35.4 Å². The second-order valence-electron chi connectivity index (χ2n) is 6.97. The molecule has 0 radical (unpaired) electrons.